The Hall–Kier alpha value is -0.870. The molecule has 0 bridgehead atoms. The highest BCUT2D eigenvalue weighted by Crippen LogP contribution is 1.96. The van der Waals surface area contributed by atoms with Crippen LogP contribution in [0.4, 0.5) is 0 Å². The molecule has 1 atom stereocenters. The van der Waals surface area contributed by atoms with Gasteiger partial charge in [0.05, 0.1) is 0 Å². The molecule has 1 heterocycles. The fourth-order valence-electron chi connectivity index (χ4n) is 1.71. The number of nitrogens with zero attached hydrogens (tertiary/aromatic N) is 3. The van der Waals surface area contributed by atoms with Gasteiger partial charge in [-0.3, -0.25) is 4.68 Å². The molecule has 1 aromatic rings. The van der Waals surface area contributed by atoms with E-state index in [0.717, 1.165) is 19.5 Å². The van der Waals surface area contributed by atoms with Gasteiger partial charge in [-0.05, 0) is 27.1 Å². The molecule has 0 aliphatic rings. The van der Waals surface area contributed by atoms with Gasteiger partial charge in [-0.15, -0.1) is 0 Å². The first-order valence-electron chi connectivity index (χ1n) is 5.44. The Morgan fingerprint density at radius 3 is 2.80 bits per heavy atom. The van der Waals surface area contributed by atoms with E-state index >= 15 is 0 Å². The van der Waals surface area contributed by atoms with Gasteiger partial charge in [0, 0.05) is 44.5 Å². The summed E-state index contributed by atoms with van der Waals surface area (Å²) in [6, 6.07) is 2.60. The molecular formula is C11H22N4. The second-order valence-corrected chi connectivity index (χ2v) is 4.31. The van der Waals surface area contributed by atoms with Crippen molar-refractivity contribution in [3.05, 3.63) is 18.0 Å². The second-order valence-electron chi connectivity index (χ2n) is 4.31. The predicted molar refractivity (Wildman–Crippen MR) is 62.9 cm³/mol. The maximum atomic E-state index is 4.14. The number of hydrogen-bond acceptors (Lipinski definition) is 3. The molecule has 0 amide bonds. The summed E-state index contributed by atoms with van der Waals surface area (Å²) >= 11 is 0. The van der Waals surface area contributed by atoms with Gasteiger partial charge in [0.1, 0.15) is 0 Å². The van der Waals surface area contributed by atoms with Crippen LogP contribution in [0.15, 0.2) is 12.3 Å². The minimum absolute atomic E-state index is 0.535. The minimum atomic E-state index is 0.535. The molecule has 0 aliphatic carbocycles. The average Bonchev–Trinajstić information content (AvgIpc) is 2.50. The number of rotatable bonds is 6. The Morgan fingerprint density at radius 2 is 2.27 bits per heavy atom. The highest BCUT2D eigenvalue weighted by molar-refractivity contribution is 5.00. The molecule has 0 spiro atoms. The van der Waals surface area contributed by atoms with E-state index in [1.165, 1.54) is 5.69 Å². The number of aryl methyl sites for hydroxylation is 1. The Balaban J connectivity index is 2.19. The maximum absolute atomic E-state index is 4.14. The Labute approximate surface area is 92.3 Å². The standard InChI is InChI=1S/C11H22N4/c1-10(9-14(2)3)12-7-5-11-6-8-13-15(11)4/h6,8,10,12H,5,7,9H2,1-4H3. The van der Waals surface area contributed by atoms with Crippen molar-refractivity contribution in [1.29, 1.82) is 0 Å². The van der Waals surface area contributed by atoms with Gasteiger partial charge in [0.25, 0.3) is 0 Å². The van der Waals surface area contributed by atoms with Crippen molar-refractivity contribution >= 4 is 0 Å². The van der Waals surface area contributed by atoms with Crippen LogP contribution in [0.25, 0.3) is 0 Å². The zero-order chi connectivity index (χ0) is 11.3. The van der Waals surface area contributed by atoms with Crippen LogP contribution in [0.1, 0.15) is 12.6 Å². The van der Waals surface area contributed by atoms with Gasteiger partial charge in [0.2, 0.25) is 0 Å². The van der Waals surface area contributed by atoms with Crippen molar-refractivity contribution in [3.8, 4) is 0 Å². The molecule has 86 valence electrons. The van der Waals surface area contributed by atoms with E-state index in [2.05, 4.69) is 42.4 Å². The SMILES string of the molecule is CC(CN(C)C)NCCc1ccnn1C. The first-order valence-corrected chi connectivity index (χ1v) is 5.44. The molecular weight excluding hydrogens is 188 g/mol. The predicted octanol–water partition coefficient (Wildman–Crippen LogP) is 0.502. The Morgan fingerprint density at radius 1 is 1.53 bits per heavy atom. The number of aromatic nitrogens is 2. The molecule has 1 unspecified atom stereocenters. The van der Waals surface area contributed by atoms with Gasteiger partial charge in [-0.1, -0.05) is 0 Å². The summed E-state index contributed by atoms with van der Waals surface area (Å²) in [5.74, 6) is 0. The summed E-state index contributed by atoms with van der Waals surface area (Å²) in [4.78, 5) is 2.20. The average molecular weight is 210 g/mol. The molecule has 0 aliphatic heterocycles. The van der Waals surface area contributed by atoms with Crippen LogP contribution in [0.3, 0.4) is 0 Å². The second kappa shape index (κ2) is 5.88. The van der Waals surface area contributed by atoms with Crippen LogP contribution >= 0.6 is 0 Å². The number of hydrogen-bond donors (Lipinski definition) is 1. The normalized spacial score (nSPS) is 13.4. The summed E-state index contributed by atoms with van der Waals surface area (Å²) in [5.41, 5.74) is 1.28. The molecule has 0 radical (unpaired) electrons. The van der Waals surface area contributed by atoms with E-state index in [4.69, 9.17) is 0 Å². The van der Waals surface area contributed by atoms with E-state index in [-0.39, 0.29) is 0 Å². The topological polar surface area (TPSA) is 33.1 Å². The van der Waals surface area contributed by atoms with Crippen LogP contribution < -0.4 is 5.32 Å². The molecule has 4 nitrogen and oxygen atoms in total. The van der Waals surface area contributed by atoms with Crippen LogP contribution in [0.5, 0.6) is 0 Å². The van der Waals surface area contributed by atoms with Crippen molar-refractivity contribution in [2.45, 2.75) is 19.4 Å². The molecule has 15 heavy (non-hydrogen) atoms. The van der Waals surface area contributed by atoms with Gasteiger partial charge >= 0.3 is 0 Å². The van der Waals surface area contributed by atoms with Crippen LogP contribution in [0, 0.1) is 0 Å². The van der Waals surface area contributed by atoms with Gasteiger partial charge < -0.3 is 10.2 Å². The number of nitrogens with one attached hydrogen (secondary N) is 1. The highest BCUT2D eigenvalue weighted by atomic mass is 15.3. The zero-order valence-corrected chi connectivity index (χ0v) is 10.2. The van der Waals surface area contributed by atoms with Gasteiger partial charge in [0.15, 0.2) is 0 Å². The van der Waals surface area contributed by atoms with Crippen LogP contribution in [0.2, 0.25) is 0 Å². The van der Waals surface area contributed by atoms with Crippen molar-refractivity contribution in [2.75, 3.05) is 27.2 Å². The summed E-state index contributed by atoms with van der Waals surface area (Å²) in [6.45, 7) is 4.29. The highest BCUT2D eigenvalue weighted by Gasteiger charge is 2.03. The number of likely N-dealkylation sites (N-methyl/N-ethyl adjacent to an activating group) is 1. The van der Waals surface area contributed by atoms with E-state index < -0.39 is 0 Å². The molecule has 0 fully saturated rings. The lowest BCUT2D eigenvalue weighted by molar-refractivity contribution is 0.350. The third kappa shape index (κ3) is 4.44. The van der Waals surface area contributed by atoms with Crippen LogP contribution in [-0.4, -0.2) is 47.9 Å². The quantitative estimate of drug-likeness (QED) is 0.742. The van der Waals surface area contributed by atoms with E-state index in [1.54, 1.807) is 0 Å². The minimum Gasteiger partial charge on any atom is -0.313 e. The summed E-state index contributed by atoms with van der Waals surface area (Å²) in [6.07, 6.45) is 2.88. The summed E-state index contributed by atoms with van der Waals surface area (Å²) in [5, 5.41) is 7.64. The monoisotopic (exact) mass is 210 g/mol. The fraction of sp³-hybridized carbons (Fsp3) is 0.727. The smallest absolute Gasteiger partial charge is 0.0492 e. The lowest BCUT2D eigenvalue weighted by Gasteiger charge is -2.18. The van der Waals surface area contributed by atoms with Crippen molar-refractivity contribution < 1.29 is 0 Å². The summed E-state index contributed by atoms with van der Waals surface area (Å²) in [7, 11) is 6.18. The molecule has 1 N–H and O–H groups in total. The molecule has 4 heteroatoms. The molecule has 0 saturated heterocycles. The maximum Gasteiger partial charge on any atom is 0.0492 e. The molecule has 0 aromatic carbocycles. The largest absolute Gasteiger partial charge is 0.313 e. The van der Waals surface area contributed by atoms with Crippen molar-refractivity contribution in [1.82, 2.24) is 20.0 Å². The Kier molecular flexibility index (Phi) is 4.78. The first kappa shape index (κ1) is 12.2. The fourth-order valence-corrected chi connectivity index (χ4v) is 1.71. The third-order valence-corrected chi connectivity index (χ3v) is 2.44. The van der Waals surface area contributed by atoms with Crippen molar-refractivity contribution in [3.63, 3.8) is 0 Å². The lowest BCUT2D eigenvalue weighted by atomic mass is 10.2. The summed E-state index contributed by atoms with van der Waals surface area (Å²) < 4.78 is 1.93. The van der Waals surface area contributed by atoms with Gasteiger partial charge in [-0.25, -0.2) is 0 Å². The molecule has 1 aromatic heterocycles. The third-order valence-electron chi connectivity index (χ3n) is 2.44. The first-order chi connectivity index (χ1) is 7.09. The van der Waals surface area contributed by atoms with Crippen LogP contribution in [-0.2, 0) is 13.5 Å². The van der Waals surface area contributed by atoms with E-state index in [0.29, 0.717) is 6.04 Å². The molecule has 1 rings (SSSR count). The van der Waals surface area contributed by atoms with Gasteiger partial charge in [-0.2, -0.15) is 5.10 Å². The molecule has 0 saturated carbocycles. The lowest BCUT2D eigenvalue weighted by Crippen LogP contribution is -2.36. The zero-order valence-electron chi connectivity index (χ0n) is 10.2. The van der Waals surface area contributed by atoms with E-state index in [1.807, 2.05) is 17.9 Å². The Bertz CT molecular complexity index is 280. The van der Waals surface area contributed by atoms with E-state index in [9.17, 15) is 0 Å². The van der Waals surface area contributed by atoms with Crippen molar-refractivity contribution in [2.24, 2.45) is 7.05 Å².